The zero-order valence-electron chi connectivity index (χ0n) is 11.2. The summed E-state index contributed by atoms with van der Waals surface area (Å²) in [6.07, 6.45) is 3.79. The van der Waals surface area contributed by atoms with Crippen LogP contribution < -0.4 is 5.32 Å². The van der Waals surface area contributed by atoms with Crippen LogP contribution in [0.3, 0.4) is 0 Å². The lowest BCUT2D eigenvalue weighted by Crippen LogP contribution is -2.37. The summed E-state index contributed by atoms with van der Waals surface area (Å²) < 4.78 is 0.526. The van der Waals surface area contributed by atoms with Crippen molar-refractivity contribution in [3.63, 3.8) is 0 Å². The third-order valence-corrected chi connectivity index (χ3v) is 4.66. The van der Waals surface area contributed by atoms with E-state index in [1.807, 2.05) is 0 Å². The average molecular weight is 327 g/mol. The number of hydrogen-bond donors (Lipinski definition) is 1. The van der Waals surface area contributed by atoms with Crippen molar-refractivity contribution < 1.29 is 4.92 Å². The number of nitro benzene ring substituents is 1. The summed E-state index contributed by atoms with van der Waals surface area (Å²) in [6, 6.07) is 5.58. The number of halogens is 1. The van der Waals surface area contributed by atoms with Crippen LogP contribution in [0.4, 0.5) is 11.4 Å². The lowest BCUT2D eigenvalue weighted by atomic mass is 9.78. The Morgan fingerprint density at radius 1 is 1.32 bits per heavy atom. The Morgan fingerprint density at radius 3 is 2.47 bits per heavy atom. The van der Waals surface area contributed by atoms with Crippen LogP contribution in [0, 0.1) is 22.0 Å². The molecule has 0 saturated heterocycles. The molecular weight excluding hydrogens is 308 g/mol. The Bertz CT molecular complexity index is 469. The second kappa shape index (κ2) is 5.90. The third-order valence-electron chi connectivity index (χ3n) is 4.02. The molecular formula is C14H19BrN2O2. The predicted molar refractivity (Wildman–Crippen MR) is 80.4 cm³/mol. The fourth-order valence-corrected chi connectivity index (χ4v) is 3.43. The zero-order chi connectivity index (χ0) is 14.0. The highest BCUT2D eigenvalue weighted by Crippen LogP contribution is 2.33. The summed E-state index contributed by atoms with van der Waals surface area (Å²) in [5.74, 6) is 1.27. The van der Waals surface area contributed by atoms with Gasteiger partial charge in [-0.15, -0.1) is 0 Å². The molecule has 2 unspecified atom stereocenters. The molecule has 2 atom stereocenters. The molecule has 0 amide bonds. The van der Waals surface area contributed by atoms with Gasteiger partial charge in [0.1, 0.15) is 0 Å². The van der Waals surface area contributed by atoms with Gasteiger partial charge in [-0.05, 0) is 52.7 Å². The van der Waals surface area contributed by atoms with Crippen LogP contribution in [0.15, 0.2) is 22.7 Å². The van der Waals surface area contributed by atoms with E-state index < -0.39 is 0 Å². The Hall–Kier alpha value is -1.10. The van der Waals surface area contributed by atoms with Gasteiger partial charge >= 0.3 is 0 Å². The Kier molecular flexibility index (Phi) is 4.45. The van der Waals surface area contributed by atoms with Crippen LogP contribution in [0.25, 0.3) is 0 Å². The maximum Gasteiger partial charge on any atom is 0.283 e. The van der Waals surface area contributed by atoms with Crippen molar-refractivity contribution in [3.05, 3.63) is 32.8 Å². The Balaban J connectivity index is 2.14. The molecule has 19 heavy (non-hydrogen) atoms. The number of anilines is 1. The van der Waals surface area contributed by atoms with Crippen LogP contribution in [0.5, 0.6) is 0 Å². The van der Waals surface area contributed by atoms with E-state index in [4.69, 9.17) is 0 Å². The first-order valence-corrected chi connectivity index (χ1v) is 7.49. The summed E-state index contributed by atoms with van der Waals surface area (Å²) in [6.45, 7) is 4.54. The van der Waals surface area contributed by atoms with E-state index >= 15 is 0 Å². The SMILES string of the molecule is CC1CCCC(C)C1Nc1ccc([N+](=O)[O-])c(Br)c1. The van der Waals surface area contributed by atoms with Gasteiger partial charge in [0.05, 0.1) is 9.40 Å². The molecule has 1 aliphatic carbocycles. The zero-order valence-corrected chi connectivity index (χ0v) is 12.8. The van der Waals surface area contributed by atoms with Crippen molar-refractivity contribution >= 4 is 27.3 Å². The fourth-order valence-electron chi connectivity index (χ4n) is 2.90. The lowest BCUT2D eigenvalue weighted by molar-refractivity contribution is -0.385. The summed E-state index contributed by atoms with van der Waals surface area (Å²) >= 11 is 3.26. The summed E-state index contributed by atoms with van der Waals surface area (Å²) in [5.41, 5.74) is 1.05. The summed E-state index contributed by atoms with van der Waals surface area (Å²) in [5, 5.41) is 14.3. The van der Waals surface area contributed by atoms with Gasteiger partial charge in [0, 0.05) is 17.8 Å². The van der Waals surface area contributed by atoms with Gasteiger partial charge in [-0.1, -0.05) is 20.3 Å². The van der Waals surface area contributed by atoms with Crippen LogP contribution in [0.2, 0.25) is 0 Å². The van der Waals surface area contributed by atoms with Gasteiger partial charge in [0.25, 0.3) is 5.69 Å². The first kappa shape index (κ1) is 14.3. The average Bonchev–Trinajstić information content (AvgIpc) is 2.33. The monoisotopic (exact) mass is 326 g/mol. The second-order valence-electron chi connectivity index (χ2n) is 5.48. The minimum absolute atomic E-state index is 0.107. The van der Waals surface area contributed by atoms with Crippen LogP contribution >= 0.6 is 15.9 Å². The maximum atomic E-state index is 10.8. The molecule has 2 rings (SSSR count). The molecule has 0 aliphatic heterocycles. The molecule has 104 valence electrons. The van der Waals surface area contributed by atoms with Crippen molar-refractivity contribution in [2.24, 2.45) is 11.8 Å². The molecule has 4 nitrogen and oxygen atoms in total. The first-order chi connectivity index (χ1) is 8.99. The normalized spacial score (nSPS) is 27.0. The number of nitro groups is 1. The highest BCUT2D eigenvalue weighted by atomic mass is 79.9. The van der Waals surface area contributed by atoms with E-state index in [9.17, 15) is 10.1 Å². The number of rotatable bonds is 3. The smallest absolute Gasteiger partial charge is 0.283 e. The number of nitrogens with one attached hydrogen (secondary N) is 1. The quantitative estimate of drug-likeness (QED) is 0.652. The molecule has 1 aliphatic rings. The van der Waals surface area contributed by atoms with Crippen molar-refractivity contribution in [1.29, 1.82) is 0 Å². The molecule has 1 aromatic carbocycles. The fraction of sp³-hybridized carbons (Fsp3) is 0.571. The van der Waals surface area contributed by atoms with E-state index in [0.717, 1.165) is 5.69 Å². The Morgan fingerprint density at radius 2 is 1.95 bits per heavy atom. The predicted octanol–water partition coefficient (Wildman–Crippen LogP) is 4.59. The van der Waals surface area contributed by atoms with Crippen LogP contribution in [-0.2, 0) is 0 Å². The van der Waals surface area contributed by atoms with Crippen LogP contribution in [-0.4, -0.2) is 11.0 Å². The van der Waals surface area contributed by atoms with Crippen LogP contribution in [0.1, 0.15) is 33.1 Å². The summed E-state index contributed by atoms with van der Waals surface area (Å²) in [4.78, 5) is 10.4. The van der Waals surface area contributed by atoms with Crippen molar-refractivity contribution in [3.8, 4) is 0 Å². The highest BCUT2D eigenvalue weighted by molar-refractivity contribution is 9.10. The minimum Gasteiger partial charge on any atom is -0.382 e. The lowest BCUT2D eigenvalue weighted by Gasteiger charge is -2.35. The first-order valence-electron chi connectivity index (χ1n) is 6.69. The molecule has 0 heterocycles. The van der Waals surface area contributed by atoms with E-state index in [1.165, 1.54) is 19.3 Å². The van der Waals surface area contributed by atoms with Gasteiger partial charge in [-0.25, -0.2) is 0 Å². The second-order valence-corrected chi connectivity index (χ2v) is 6.33. The largest absolute Gasteiger partial charge is 0.382 e. The topological polar surface area (TPSA) is 55.2 Å². The third kappa shape index (κ3) is 3.26. The molecule has 1 aromatic rings. The van der Waals surface area contributed by atoms with E-state index in [0.29, 0.717) is 22.4 Å². The highest BCUT2D eigenvalue weighted by Gasteiger charge is 2.27. The molecule has 1 N–H and O–H groups in total. The molecule has 0 aromatic heterocycles. The van der Waals surface area contributed by atoms with E-state index in [1.54, 1.807) is 18.2 Å². The number of nitrogens with zero attached hydrogens (tertiary/aromatic N) is 1. The molecule has 5 heteroatoms. The molecule has 1 fully saturated rings. The van der Waals surface area contributed by atoms with E-state index in [-0.39, 0.29) is 10.6 Å². The van der Waals surface area contributed by atoms with Gasteiger partial charge < -0.3 is 5.32 Å². The molecule has 0 bridgehead atoms. The summed E-state index contributed by atoms with van der Waals surface area (Å²) in [7, 11) is 0. The number of benzene rings is 1. The van der Waals surface area contributed by atoms with Crippen molar-refractivity contribution in [1.82, 2.24) is 0 Å². The van der Waals surface area contributed by atoms with Gasteiger partial charge in [0.15, 0.2) is 0 Å². The maximum absolute atomic E-state index is 10.8. The molecule has 0 spiro atoms. The van der Waals surface area contributed by atoms with Crippen molar-refractivity contribution in [2.75, 3.05) is 5.32 Å². The molecule has 0 radical (unpaired) electrons. The minimum atomic E-state index is -0.375. The Labute approximate surface area is 121 Å². The van der Waals surface area contributed by atoms with Crippen molar-refractivity contribution in [2.45, 2.75) is 39.2 Å². The van der Waals surface area contributed by atoms with Gasteiger partial charge in [-0.2, -0.15) is 0 Å². The number of hydrogen-bond acceptors (Lipinski definition) is 3. The van der Waals surface area contributed by atoms with Gasteiger partial charge in [0.2, 0.25) is 0 Å². The van der Waals surface area contributed by atoms with Gasteiger partial charge in [-0.3, -0.25) is 10.1 Å². The van der Waals surface area contributed by atoms with E-state index in [2.05, 4.69) is 35.1 Å². The standard InChI is InChI=1S/C14H19BrN2O2/c1-9-4-3-5-10(2)14(9)16-11-6-7-13(17(18)19)12(15)8-11/h6-10,14,16H,3-5H2,1-2H3. The molecule has 1 saturated carbocycles.